The number of unbranched alkanes of at least 4 members (excludes halogenated alkanes) is 1. The smallest absolute Gasteiger partial charge is 0.0803 e. The molecule has 0 spiro atoms. The van der Waals surface area contributed by atoms with Crippen LogP contribution in [0.2, 0.25) is 0 Å². The molecule has 1 unspecified atom stereocenters. The number of nitrogens with zero attached hydrogens (tertiary/aromatic N) is 1. The molecule has 1 nitrogen and oxygen atoms in total. The summed E-state index contributed by atoms with van der Waals surface area (Å²) in [6, 6.07) is 8.82. The Kier molecular flexibility index (Phi) is 3.72. The number of hydrogen-bond donors (Lipinski definition) is 0. The van der Waals surface area contributed by atoms with Gasteiger partial charge in [0.1, 0.15) is 0 Å². The number of benzene rings is 1. The van der Waals surface area contributed by atoms with Crippen molar-refractivity contribution in [3.05, 3.63) is 24.3 Å². The number of thioether (sulfide) groups is 1. The van der Waals surface area contributed by atoms with Crippen LogP contribution in [-0.2, 0) is 0 Å². The van der Waals surface area contributed by atoms with E-state index in [1.54, 1.807) is 0 Å². The summed E-state index contributed by atoms with van der Waals surface area (Å²) in [5.74, 6) is 0. The lowest BCUT2D eigenvalue weighted by Crippen LogP contribution is -2.45. The summed E-state index contributed by atoms with van der Waals surface area (Å²) in [6.45, 7) is 9.21. The predicted octanol–water partition coefficient (Wildman–Crippen LogP) is 4.91. The topological polar surface area (TPSA) is 3.24 Å². The molecule has 1 aliphatic rings. The summed E-state index contributed by atoms with van der Waals surface area (Å²) in [4.78, 5) is 4.05. The molecular formula is C15H23NS. The first-order valence-corrected chi connectivity index (χ1v) is 7.47. The van der Waals surface area contributed by atoms with Crippen molar-refractivity contribution in [3.8, 4) is 0 Å². The van der Waals surface area contributed by atoms with Gasteiger partial charge in [0.15, 0.2) is 0 Å². The number of hydrogen-bond acceptors (Lipinski definition) is 2. The Morgan fingerprint density at radius 3 is 2.59 bits per heavy atom. The molecule has 0 fully saturated rings. The third-order valence-corrected chi connectivity index (χ3v) is 4.52. The highest BCUT2D eigenvalue weighted by Crippen LogP contribution is 2.48. The Balaban J connectivity index is 2.27. The standard InChI is InChI=1S/C15H23NS/c1-5-6-11-14-16(15(2,3)4)12-9-7-8-10-13(12)17-14/h7-10,14H,5-6,11H2,1-4H3. The summed E-state index contributed by atoms with van der Waals surface area (Å²) in [5, 5.41) is 0.618. The first-order chi connectivity index (χ1) is 8.04. The van der Waals surface area contributed by atoms with E-state index < -0.39 is 0 Å². The highest BCUT2D eigenvalue weighted by atomic mass is 32.2. The fraction of sp³-hybridized carbons (Fsp3) is 0.600. The van der Waals surface area contributed by atoms with Crippen LogP contribution in [-0.4, -0.2) is 10.9 Å². The maximum Gasteiger partial charge on any atom is 0.0803 e. The SMILES string of the molecule is CCCCC1Sc2ccccc2N1C(C)(C)C. The molecule has 0 bridgehead atoms. The lowest BCUT2D eigenvalue weighted by molar-refractivity contribution is 0.477. The Morgan fingerprint density at radius 2 is 1.94 bits per heavy atom. The van der Waals surface area contributed by atoms with Gasteiger partial charge in [0.2, 0.25) is 0 Å². The molecule has 2 heteroatoms. The van der Waals surface area contributed by atoms with Crippen LogP contribution in [0.25, 0.3) is 0 Å². The minimum atomic E-state index is 0.206. The van der Waals surface area contributed by atoms with Crippen LogP contribution in [0, 0.1) is 0 Å². The summed E-state index contributed by atoms with van der Waals surface area (Å²) < 4.78 is 0. The van der Waals surface area contributed by atoms with Gasteiger partial charge >= 0.3 is 0 Å². The fourth-order valence-electron chi connectivity index (χ4n) is 2.47. The number of rotatable bonds is 3. The largest absolute Gasteiger partial charge is 0.353 e. The van der Waals surface area contributed by atoms with Crippen LogP contribution in [0.5, 0.6) is 0 Å². The minimum Gasteiger partial charge on any atom is -0.353 e. The molecule has 0 saturated carbocycles. The molecule has 94 valence electrons. The van der Waals surface area contributed by atoms with Crippen LogP contribution in [0.4, 0.5) is 5.69 Å². The van der Waals surface area contributed by atoms with Gasteiger partial charge in [-0.15, -0.1) is 0 Å². The van der Waals surface area contributed by atoms with Crippen molar-refractivity contribution in [2.45, 2.75) is 62.8 Å². The molecule has 0 aromatic heterocycles. The molecule has 0 amide bonds. The van der Waals surface area contributed by atoms with E-state index in [2.05, 4.69) is 56.9 Å². The van der Waals surface area contributed by atoms with E-state index in [-0.39, 0.29) is 5.54 Å². The van der Waals surface area contributed by atoms with E-state index in [9.17, 15) is 0 Å². The lowest BCUT2D eigenvalue weighted by Gasteiger charge is -2.39. The van der Waals surface area contributed by atoms with Crippen molar-refractivity contribution < 1.29 is 0 Å². The van der Waals surface area contributed by atoms with Crippen molar-refractivity contribution in [1.29, 1.82) is 0 Å². The highest BCUT2D eigenvalue weighted by Gasteiger charge is 2.36. The van der Waals surface area contributed by atoms with Crippen molar-refractivity contribution in [1.82, 2.24) is 0 Å². The van der Waals surface area contributed by atoms with Crippen LogP contribution in [0.15, 0.2) is 29.2 Å². The number of fused-ring (bicyclic) bond motifs is 1. The molecule has 0 N–H and O–H groups in total. The zero-order valence-corrected chi connectivity index (χ0v) is 12.2. The molecule has 17 heavy (non-hydrogen) atoms. The highest BCUT2D eigenvalue weighted by molar-refractivity contribution is 8.00. The lowest BCUT2D eigenvalue weighted by atomic mass is 10.0. The third kappa shape index (κ3) is 2.62. The molecule has 0 aliphatic carbocycles. The van der Waals surface area contributed by atoms with Gasteiger partial charge in [0, 0.05) is 10.4 Å². The van der Waals surface area contributed by atoms with Gasteiger partial charge in [-0.25, -0.2) is 0 Å². The molecule has 1 aliphatic heterocycles. The quantitative estimate of drug-likeness (QED) is 0.748. The van der Waals surface area contributed by atoms with Crippen molar-refractivity contribution in [2.24, 2.45) is 0 Å². The Labute approximate surface area is 110 Å². The Morgan fingerprint density at radius 1 is 1.24 bits per heavy atom. The van der Waals surface area contributed by atoms with E-state index in [1.807, 2.05) is 11.8 Å². The summed E-state index contributed by atoms with van der Waals surface area (Å²) in [7, 11) is 0. The second-order valence-corrected chi connectivity index (χ2v) is 6.94. The molecule has 1 aromatic rings. The maximum absolute atomic E-state index is 2.60. The zero-order valence-electron chi connectivity index (χ0n) is 11.4. The monoisotopic (exact) mass is 249 g/mol. The van der Waals surface area contributed by atoms with Crippen molar-refractivity contribution >= 4 is 17.4 Å². The minimum absolute atomic E-state index is 0.206. The molecule has 1 atom stereocenters. The van der Waals surface area contributed by atoms with Gasteiger partial charge in [0.25, 0.3) is 0 Å². The van der Waals surface area contributed by atoms with Gasteiger partial charge in [-0.1, -0.05) is 43.7 Å². The predicted molar refractivity (Wildman–Crippen MR) is 77.8 cm³/mol. The first-order valence-electron chi connectivity index (χ1n) is 6.59. The molecule has 1 heterocycles. The second-order valence-electron chi connectivity index (χ2n) is 5.72. The average Bonchev–Trinajstić information content (AvgIpc) is 2.63. The Bertz CT molecular complexity index is 381. The van der Waals surface area contributed by atoms with Gasteiger partial charge in [-0.2, -0.15) is 0 Å². The van der Waals surface area contributed by atoms with Crippen molar-refractivity contribution in [2.75, 3.05) is 4.90 Å². The van der Waals surface area contributed by atoms with E-state index in [1.165, 1.54) is 29.8 Å². The van der Waals surface area contributed by atoms with Crippen molar-refractivity contribution in [3.63, 3.8) is 0 Å². The van der Waals surface area contributed by atoms with E-state index >= 15 is 0 Å². The van der Waals surface area contributed by atoms with Crippen LogP contribution >= 0.6 is 11.8 Å². The second kappa shape index (κ2) is 4.93. The van der Waals surface area contributed by atoms with E-state index in [4.69, 9.17) is 0 Å². The van der Waals surface area contributed by atoms with Gasteiger partial charge < -0.3 is 4.90 Å². The number of anilines is 1. The van der Waals surface area contributed by atoms with Crippen LogP contribution in [0.3, 0.4) is 0 Å². The molecule has 0 radical (unpaired) electrons. The van der Waals surface area contributed by atoms with Gasteiger partial charge in [0.05, 0.1) is 11.1 Å². The summed E-state index contributed by atoms with van der Waals surface area (Å²) in [6.07, 6.45) is 3.89. The molecule has 1 aromatic carbocycles. The number of para-hydroxylation sites is 1. The van der Waals surface area contributed by atoms with Crippen LogP contribution < -0.4 is 4.90 Å². The first kappa shape index (κ1) is 12.8. The maximum atomic E-state index is 2.60. The molecule has 2 rings (SSSR count). The molecular weight excluding hydrogens is 226 g/mol. The van der Waals surface area contributed by atoms with E-state index in [0.717, 1.165) is 0 Å². The zero-order chi connectivity index (χ0) is 12.5. The summed E-state index contributed by atoms with van der Waals surface area (Å²) in [5.41, 5.74) is 1.63. The Hall–Kier alpha value is -0.630. The normalized spacial score (nSPS) is 19.5. The summed E-state index contributed by atoms with van der Waals surface area (Å²) >= 11 is 2.04. The molecule has 0 saturated heterocycles. The van der Waals surface area contributed by atoms with E-state index in [0.29, 0.717) is 5.37 Å². The fourth-order valence-corrected chi connectivity index (χ4v) is 4.03. The third-order valence-electron chi connectivity index (χ3n) is 3.20. The van der Waals surface area contributed by atoms with Gasteiger partial charge in [-0.05, 0) is 39.3 Å². The van der Waals surface area contributed by atoms with Crippen LogP contribution in [0.1, 0.15) is 47.0 Å². The average molecular weight is 249 g/mol. The van der Waals surface area contributed by atoms with Gasteiger partial charge in [-0.3, -0.25) is 0 Å².